The molecule has 98 valence electrons. The topological polar surface area (TPSA) is 66.4 Å². The van der Waals surface area contributed by atoms with Gasteiger partial charge in [0.05, 0.1) is 10.6 Å². The van der Waals surface area contributed by atoms with Crippen molar-refractivity contribution in [2.45, 2.75) is 0 Å². The summed E-state index contributed by atoms with van der Waals surface area (Å²) < 4.78 is 0.603. The summed E-state index contributed by atoms with van der Waals surface area (Å²) in [6, 6.07) is 6.18. The molecule has 4 nitrogen and oxygen atoms in total. The zero-order valence-corrected chi connectivity index (χ0v) is 12.5. The lowest BCUT2D eigenvalue weighted by molar-refractivity contribution is 0.0698. The number of rotatable bonds is 3. The Morgan fingerprint density at radius 3 is 2.68 bits per heavy atom. The molecular weight excluding hydrogens is 354 g/mol. The molecular formula is C12H7BrClNO3S. The smallest absolute Gasteiger partial charge is 0.338 e. The molecule has 0 saturated heterocycles. The fourth-order valence-electron chi connectivity index (χ4n) is 1.39. The molecule has 7 heteroatoms. The van der Waals surface area contributed by atoms with Crippen LogP contribution in [0.25, 0.3) is 0 Å². The molecule has 0 saturated carbocycles. The minimum atomic E-state index is -1.08. The molecule has 0 spiro atoms. The van der Waals surface area contributed by atoms with E-state index in [1.165, 1.54) is 6.07 Å². The van der Waals surface area contributed by atoms with Gasteiger partial charge in [0.15, 0.2) is 0 Å². The molecule has 0 radical (unpaired) electrons. The van der Waals surface area contributed by atoms with Gasteiger partial charge in [0.25, 0.3) is 5.91 Å². The Morgan fingerprint density at radius 1 is 1.32 bits per heavy atom. The standard InChI is InChI=1S/C12H7BrClNO3S/c13-8-5-6(1-2-9(8)14)10(16)15-11-7(12(17)18)3-4-19-11/h1-5H,(H,15,16)(H,17,18). The van der Waals surface area contributed by atoms with E-state index in [1.807, 2.05) is 0 Å². The molecule has 0 aliphatic rings. The molecule has 2 rings (SSSR count). The van der Waals surface area contributed by atoms with Crippen LogP contribution in [0.5, 0.6) is 0 Å². The van der Waals surface area contributed by atoms with Crippen LogP contribution in [0, 0.1) is 0 Å². The van der Waals surface area contributed by atoms with E-state index in [1.54, 1.807) is 23.6 Å². The summed E-state index contributed by atoms with van der Waals surface area (Å²) in [5.41, 5.74) is 0.465. The molecule has 2 aromatic rings. The van der Waals surface area contributed by atoms with Gasteiger partial charge in [-0.3, -0.25) is 4.79 Å². The predicted molar refractivity (Wildman–Crippen MR) is 78.4 cm³/mol. The number of thiophene rings is 1. The number of amides is 1. The number of hydrogen-bond donors (Lipinski definition) is 2. The highest BCUT2D eigenvalue weighted by Gasteiger charge is 2.15. The Bertz CT molecular complexity index is 656. The average molecular weight is 361 g/mol. The van der Waals surface area contributed by atoms with Gasteiger partial charge in [0.1, 0.15) is 5.00 Å². The summed E-state index contributed by atoms with van der Waals surface area (Å²) in [4.78, 5) is 22.9. The van der Waals surface area contributed by atoms with E-state index in [4.69, 9.17) is 16.7 Å². The first-order valence-electron chi connectivity index (χ1n) is 5.06. The molecule has 1 aromatic heterocycles. The number of benzene rings is 1. The Balaban J connectivity index is 2.23. The fraction of sp³-hybridized carbons (Fsp3) is 0. The number of aromatic carboxylic acids is 1. The normalized spacial score (nSPS) is 10.2. The van der Waals surface area contributed by atoms with Gasteiger partial charge >= 0.3 is 5.97 Å². The third-order valence-corrected chi connectivity index (χ3v) is 4.35. The zero-order valence-electron chi connectivity index (χ0n) is 9.31. The SMILES string of the molecule is O=C(Nc1sccc1C(=O)O)c1ccc(Cl)c(Br)c1. The van der Waals surface area contributed by atoms with Crippen molar-refractivity contribution in [3.8, 4) is 0 Å². The molecule has 0 bridgehead atoms. The lowest BCUT2D eigenvalue weighted by Crippen LogP contribution is -2.13. The molecule has 1 aromatic carbocycles. The van der Waals surface area contributed by atoms with Crippen molar-refractivity contribution in [2.75, 3.05) is 5.32 Å². The van der Waals surface area contributed by atoms with E-state index in [9.17, 15) is 9.59 Å². The monoisotopic (exact) mass is 359 g/mol. The quantitative estimate of drug-likeness (QED) is 0.865. The van der Waals surface area contributed by atoms with E-state index in [0.29, 0.717) is 20.1 Å². The predicted octanol–water partition coefficient (Wildman–Crippen LogP) is 4.11. The summed E-state index contributed by atoms with van der Waals surface area (Å²) in [5, 5.41) is 13.9. The van der Waals surface area contributed by atoms with Crippen LogP contribution in [0.4, 0.5) is 5.00 Å². The van der Waals surface area contributed by atoms with Crippen molar-refractivity contribution in [3.63, 3.8) is 0 Å². The summed E-state index contributed by atoms with van der Waals surface area (Å²) in [6.07, 6.45) is 0. The van der Waals surface area contributed by atoms with Crippen LogP contribution in [0.3, 0.4) is 0 Å². The van der Waals surface area contributed by atoms with Crippen molar-refractivity contribution < 1.29 is 14.7 Å². The first kappa shape index (κ1) is 14.0. The van der Waals surface area contributed by atoms with Gasteiger partial charge in [-0.1, -0.05) is 11.6 Å². The third kappa shape index (κ3) is 3.15. The maximum atomic E-state index is 12.0. The highest BCUT2D eigenvalue weighted by molar-refractivity contribution is 9.10. The Kier molecular flexibility index (Phi) is 4.24. The van der Waals surface area contributed by atoms with E-state index < -0.39 is 5.97 Å². The van der Waals surface area contributed by atoms with E-state index >= 15 is 0 Å². The lowest BCUT2D eigenvalue weighted by Gasteiger charge is -2.05. The van der Waals surface area contributed by atoms with Gasteiger partial charge in [0, 0.05) is 10.0 Å². The van der Waals surface area contributed by atoms with Crippen LogP contribution < -0.4 is 5.32 Å². The van der Waals surface area contributed by atoms with Crippen molar-refractivity contribution in [2.24, 2.45) is 0 Å². The third-order valence-electron chi connectivity index (χ3n) is 2.30. The maximum absolute atomic E-state index is 12.0. The van der Waals surface area contributed by atoms with Crippen LogP contribution in [0.2, 0.25) is 5.02 Å². The van der Waals surface area contributed by atoms with E-state index in [-0.39, 0.29) is 11.5 Å². The van der Waals surface area contributed by atoms with Crippen LogP contribution in [0.1, 0.15) is 20.7 Å². The summed E-state index contributed by atoms with van der Waals surface area (Å²) >= 11 is 10.2. The second kappa shape index (κ2) is 5.73. The molecule has 19 heavy (non-hydrogen) atoms. The number of carbonyl (C=O) groups is 2. The van der Waals surface area contributed by atoms with Crippen molar-refractivity contribution in [3.05, 3.63) is 50.3 Å². The zero-order chi connectivity index (χ0) is 14.0. The highest BCUT2D eigenvalue weighted by Crippen LogP contribution is 2.26. The molecule has 0 aliphatic carbocycles. The first-order chi connectivity index (χ1) is 8.99. The molecule has 0 aliphatic heterocycles. The largest absolute Gasteiger partial charge is 0.478 e. The number of carbonyl (C=O) groups excluding carboxylic acids is 1. The van der Waals surface area contributed by atoms with Gasteiger partial charge in [-0.05, 0) is 45.6 Å². The Hall–Kier alpha value is -1.37. The molecule has 0 fully saturated rings. The fourth-order valence-corrected chi connectivity index (χ4v) is 2.66. The van der Waals surface area contributed by atoms with Crippen LogP contribution >= 0.6 is 38.9 Å². The Morgan fingerprint density at radius 2 is 2.05 bits per heavy atom. The van der Waals surface area contributed by atoms with Gasteiger partial charge in [-0.25, -0.2) is 4.79 Å². The molecule has 1 amide bonds. The minimum Gasteiger partial charge on any atom is -0.478 e. The van der Waals surface area contributed by atoms with Crippen molar-refractivity contribution >= 4 is 55.7 Å². The molecule has 0 unspecified atom stereocenters. The van der Waals surface area contributed by atoms with Crippen molar-refractivity contribution in [1.29, 1.82) is 0 Å². The summed E-state index contributed by atoms with van der Waals surface area (Å²) in [7, 11) is 0. The summed E-state index contributed by atoms with van der Waals surface area (Å²) in [6.45, 7) is 0. The Labute approximate surface area is 126 Å². The van der Waals surface area contributed by atoms with Crippen LogP contribution in [-0.2, 0) is 0 Å². The average Bonchev–Trinajstić information content (AvgIpc) is 2.80. The van der Waals surface area contributed by atoms with Gasteiger partial charge in [-0.2, -0.15) is 0 Å². The molecule has 1 heterocycles. The van der Waals surface area contributed by atoms with E-state index in [2.05, 4.69) is 21.2 Å². The second-order valence-electron chi connectivity index (χ2n) is 3.55. The van der Waals surface area contributed by atoms with Crippen molar-refractivity contribution in [1.82, 2.24) is 0 Å². The van der Waals surface area contributed by atoms with Gasteiger partial charge in [-0.15, -0.1) is 11.3 Å². The number of anilines is 1. The number of carboxylic acids is 1. The van der Waals surface area contributed by atoms with Gasteiger partial charge < -0.3 is 10.4 Å². The number of halogens is 2. The lowest BCUT2D eigenvalue weighted by atomic mass is 10.2. The maximum Gasteiger partial charge on any atom is 0.338 e. The number of hydrogen-bond acceptors (Lipinski definition) is 3. The minimum absolute atomic E-state index is 0.0754. The second-order valence-corrected chi connectivity index (χ2v) is 5.73. The van der Waals surface area contributed by atoms with Crippen LogP contribution in [-0.4, -0.2) is 17.0 Å². The summed E-state index contributed by atoms with van der Waals surface area (Å²) in [5.74, 6) is -1.46. The molecule has 2 N–H and O–H groups in total. The van der Waals surface area contributed by atoms with Crippen LogP contribution in [0.15, 0.2) is 34.1 Å². The van der Waals surface area contributed by atoms with E-state index in [0.717, 1.165) is 11.3 Å². The van der Waals surface area contributed by atoms with Gasteiger partial charge in [0.2, 0.25) is 0 Å². The number of nitrogens with one attached hydrogen (secondary N) is 1. The first-order valence-corrected chi connectivity index (χ1v) is 7.11. The number of carboxylic acid groups (broad SMARTS) is 1. The highest BCUT2D eigenvalue weighted by atomic mass is 79.9. The molecule has 0 atom stereocenters.